The molecule has 0 radical (unpaired) electrons. The van der Waals surface area contributed by atoms with Gasteiger partial charge in [-0.2, -0.15) is 0 Å². The molecule has 0 saturated carbocycles. The molecule has 1 saturated heterocycles. The topological polar surface area (TPSA) is 73.4 Å². The molecule has 1 fully saturated rings. The molecule has 1 aliphatic rings. The Bertz CT molecular complexity index is 765. The van der Waals surface area contributed by atoms with Crippen LogP contribution < -0.4 is 0 Å². The predicted molar refractivity (Wildman–Crippen MR) is 92.9 cm³/mol. The number of fused-ring (bicyclic) bond motifs is 1. The first kappa shape index (κ1) is 16.6. The van der Waals surface area contributed by atoms with Crippen molar-refractivity contribution in [1.82, 2.24) is 9.88 Å². The number of likely N-dealkylation sites (tertiary alicyclic amines) is 1. The number of aromatic nitrogens is 1. The monoisotopic (exact) mass is 328 g/mol. The molecule has 2 unspecified atom stereocenters. The number of piperidine rings is 1. The first-order chi connectivity index (χ1) is 11.5. The third-order valence-corrected chi connectivity index (χ3v) is 5.19. The van der Waals surface area contributed by atoms with Crippen LogP contribution in [0.15, 0.2) is 24.4 Å². The lowest BCUT2D eigenvalue weighted by molar-refractivity contribution is -0.148. The summed E-state index contributed by atoms with van der Waals surface area (Å²) < 4.78 is 0. The molecule has 5 nitrogen and oxygen atoms in total. The van der Waals surface area contributed by atoms with E-state index < -0.39 is 5.97 Å². The van der Waals surface area contributed by atoms with Gasteiger partial charge in [-0.25, -0.2) is 0 Å². The highest BCUT2D eigenvalue weighted by molar-refractivity contribution is 5.90. The van der Waals surface area contributed by atoms with Crippen molar-refractivity contribution in [2.24, 2.45) is 11.8 Å². The molecule has 1 aromatic carbocycles. The van der Waals surface area contributed by atoms with E-state index >= 15 is 0 Å². The molecule has 0 aliphatic carbocycles. The molecule has 5 heteroatoms. The fourth-order valence-corrected chi connectivity index (χ4v) is 3.73. The molecular formula is C19H24N2O3. The minimum atomic E-state index is -0.752. The van der Waals surface area contributed by atoms with Gasteiger partial charge in [0.05, 0.1) is 12.3 Å². The number of nitrogens with one attached hydrogen (secondary N) is 1. The van der Waals surface area contributed by atoms with Crippen LogP contribution in [0.25, 0.3) is 10.9 Å². The summed E-state index contributed by atoms with van der Waals surface area (Å²) in [4.78, 5) is 29.0. The summed E-state index contributed by atoms with van der Waals surface area (Å²) in [7, 11) is 0. The Morgan fingerprint density at radius 3 is 2.79 bits per heavy atom. The van der Waals surface area contributed by atoms with E-state index in [1.165, 1.54) is 5.56 Å². The number of hydrogen-bond donors (Lipinski definition) is 2. The van der Waals surface area contributed by atoms with E-state index in [1.807, 2.05) is 30.2 Å². The molecule has 1 amide bonds. The van der Waals surface area contributed by atoms with E-state index in [1.54, 1.807) is 0 Å². The maximum absolute atomic E-state index is 12.7. The van der Waals surface area contributed by atoms with E-state index in [9.17, 15) is 14.7 Å². The van der Waals surface area contributed by atoms with Crippen LogP contribution in [-0.2, 0) is 22.4 Å². The van der Waals surface area contributed by atoms with Crippen molar-refractivity contribution >= 4 is 22.8 Å². The van der Waals surface area contributed by atoms with Crippen LogP contribution in [0.3, 0.4) is 0 Å². The van der Waals surface area contributed by atoms with Crippen molar-refractivity contribution in [3.63, 3.8) is 0 Å². The van der Waals surface area contributed by atoms with E-state index in [-0.39, 0.29) is 17.7 Å². The van der Waals surface area contributed by atoms with Crippen molar-refractivity contribution in [2.75, 3.05) is 13.1 Å². The van der Waals surface area contributed by atoms with Gasteiger partial charge in [0.15, 0.2) is 0 Å². The molecule has 0 spiro atoms. The second-order valence-corrected chi connectivity index (χ2v) is 6.73. The Morgan fingerprint density at radius 1 is 1.33 bits per heavy atom. The van der Waals surface area contributed by atoms with Crippen LogP contribution in [0, 0.1) is 11.8 Å². The fourth-order valence-electron chi connectivity index (χ4n) is 3.73. The molecule has 3 rings (SSSR count). The smallest absolute Gasteiger partial charge is 0.306 e. The summed E-state index contributed by atoms with van der Waals surface area (Å²) in [6, 6.07) is 6.18. The van der Waals surface area contributed by atoms with E-state index in [0.717, 1.165) is 22.9 Å². The van der Waals surface area contributed by atoms with Crippen molar-refractivity contribution in [1.29, 1.82) is 0 Å². The van der Waals surface area contributed by atoms with E-state index in [2.05, 4.69) is 18.0 Å². The van der Waals surface area contributed by atoms with Crippen LogP contribution in [-0.4, -0.2) is 40.0 Å². The van der Waals surface area contributed by atoms with Crippen molar-refractivity contribution in [2.45, 2.75) is 33.1 Å². The Labute approximate surface area is 141 Å². The first-order valence-electron chi connectivity index (χ1n) is 8.59. The van der Waals surface area contributed by atoms with E-state index in [4.69, 9.17) is 0 Å². The molecular weight excluding hydrogens is 304 g/mol. The van der Waals surface area contributed by atoms with Crippen molar-refractivity contribution < 1.29 is 14.7 Å². The highest BCUT2D eigenvalue weighted by atomic mass is 16.4. The number of rotatable bonds is 4. The van der Waals surface area contributed by atoms with Gasteiger partial charge in [-0.05, 0) is 29.9 Å². The molecule has 0 bridgehead atoms. The van der Waals surface area contributed by atoms with Crippen LogP contribution >= 0.6 is 0 Å². The van der Waals surface area contributed by atoms with Gasteiger partial charge in [0.25, 0.3) is 0 Å². The minimum absolute atomic E-state index is 0.00476. The van der Waals surface area contributed by atoms with Crippen molar-refractivity contribution in [3.05, 3.63) is 35.5 Å². The van der Waals surface area contributed by atoms with Crippen LogP contribution in [0.2, 0.25) is 0 Å². The van der Waals surface area contributed by atoms with Gasteiger partial charge in [0.1, 0.15) is 0 Å². The average Bonchev–Trinajstić information content (AvgIpc) is 2.97. The number of aryl methyl sites for hydroxylation is 1. The van der Waals surface area contributed by atoms with Crippen LogP contribution in [0.4, 0.5) is 0 Å². The number of aromatic amines is 1. The molecule has 1 aliphatic heterocycles. The molecule has 2 N–H and O–H groups in total. The maximum atomic E-state index is 12.7. The quantitative estimate of drug-likeness (QED) is 0.906. The number of carbonyl (C=O) groups excluding carboxylic acids is 1. The zero-order valence-electron chi connectivity index (χ0n) is 14.2. The summed E-state index contributed by atoms with van der Waals surface area (Å²) in [5.74, 6) is -1.02. The first-order valence-corrected chi connectivity index (χ1v) is 8.59. The Balaban J connectivity index is 1.73. The summed E-state index contributed by atoms with van der Waals surface area (Å²) in [5, 5.41) is 10.3. The van der Waals surface area contributed by atoms with Gasteiger partial charge in [0.2, 0.25) is 5.91 Å². The lowest BCUT2D eigenvalue weighted by Gasteiger charge is -2.35. The van der Waals surface area contributed by atoms with Gasteiger partial charge in [-0.15, -0.1) is 0 Å². The van der Waals surface area contributed by atoms with Crippen LogP contribution in [0.1, 0.15) is 31.4 Å². The number of carboxylic acid groups (broad SMARTS) is 1. The number of benzene rings is 1. The zero-order chi connectivity index (χ0) is 17.3. The number of aliphatic carboxylic acids is 1. The molecule has 1 aromatic heterocycles. The Kier molecular flexibility index (Phi) is 4.60. The number of H-pyrrole nitrogens is 1. The second-order valence-electron chi connectivity index (χ2n) is 6.73. The molecule has 2 aromatic rings. The number of carbonyl (C=O) groups is 2. The van der Waals surface area contributed by atoms with Gasteiger partial charge in [-0.3, -0.25) is 9.59 Å². The van der Waals surface area contributed by atoms with E-state index in [0.29, 0.717) is 25.9 Å². The number of nitrogens with zero attached hydrogens (tertiary/aromatic N) is 1. The standard InChI is InChI=1S/C19H24N2O3/c1-3-13-5-4-6-16-14(10-20-18(13)16)9-17(22)21-8-7-15(19(23)24)12(2)11-21/h4-6,10,12,15,20H,3,7-9,11H2,1-2H3,(H,23,24). The maximum Gasteiger partial charge on any atom is 0.306 e. The predicted octanol–water partition coefficient (Wildman–Crippen LogP) is 2.84. The minimum Gasteiger partial charge on any atom is -0.481 e. The lowest BCUT2D eigenvalue weighted by Crippen LogP contribution is -2.45. The zero-order valence-corrected chi connectivity index (χ0v) is 14.2. The highest BCUT2D eigenvalue weighted by Gasteiger charge is 2.33. The van der Waals surface area contributed by atoms with Gasteiger partial charge < -0.3 is 15.0 Å². The van der Waals surface area contributed by atoms with Gasteiger partial charge in [0, 0.05) is 30.2 Å². The number of carboxylic acids is 1. The second kappa shape index (κ2) is 6.67. The molecule has 2 atom stereocenters. The summed E-state index contributed by atoms with van der Waals surface area (Å²) in [6.45, 7) is 5.09. The SMILES string of the molecule is CCc1cccc2c(CC(=O)N3CCC(C(=O)O)C(C)C3)c[nH]c12. The third kappa shape index (κ3) is 3.03. The summed E-state index contributed by atoms with van der Waals surface area (Å²) >= 11 is 0. The van der Waals surface area contributed by atoms with Gasteiger partial charge in [-0.1, -0.05) is 32.0 Å². The largest absolute Gasteiger partial charge is 0.481 e. The molecule has 2 heterocycles. The lowest BCUT2D eigenvalue weighted by atomic mass is 9.87. The average molecular weight is 328 g/mol. The summed E-state index contributed by atoms with van der Waals surface area (Å²) in [5.41, 5.74) is 3.38. The van der Waals surface area contributed by atoms with Crippen LogP contribution in [0.5, 0.6) is 0 Å². The van der Waals surface area contributed by atoms with Gasteiger partial charge >= 0.3 is 5.97 Å². The number of hydrogen-bond acceptors (Lipinski definition) is 2. The third-order valence-electron chi connectivity index (χ3n) is 5.19. The Hall–Kier alpha value is -2.30. The molecule has 24 heavy (non-hydrogen) atoms. The Morgan fingerprint density at radius 2 is 2.12 bits per heavy atom. The number of para-hydroxylation sites is 1. The van der Waals surface area contributed by atoms with Crippen molar-refractivity contribution in [3.8, 4) is 0 Å². The normalized spacial score (nSPS) is 21.2. The summed E-state index contributed by atoms with van der Waals surface area (Å²) in [6.07, 6.45) is 3.77. The fraction of sp³-hybridized carbons (Fsp3) is 0.474. The highest BCUT2D eigenvalue weighted by Crippen LogP contribution is 2.26. The molecule has 128 valence electrons. The number of amides is 1.